The predicted octanol–water partition coefficient (Wildman–Crippen LogP) is 2.97. The lowest BCUT2D eigenvalue weighted by Gasteiger charge is -2.39. The second-order valence-corrected chi connectivity index (χ2v) is 7.55. The Bertz CT molecular complexity index is 1050. The van der Waals surface area contributed by atoms with Crippen LogP contribution < -0.4 is 5.73 Å². The number of phenols is 1. The number of likely N-dealkylation sites (tertiary alicyclic amines) is 1. The van der Waals surface area contributed by atoms with Gasteiger partial charge in [0.1, 0.15) is 5.75 Å². The third-order valence-electron chi connectivity index (χ3n) is 5.44. The number of aromatic nitrogens is 4. The van der Waals surface area contributed by atoms with Crippen LogP contribution in [0.5, 0.6) is 5.75 Å². The molecule has 1 aromatic carbocycles. The molecule has 31 heavy (non-hydrogen) atoms. The van der Waals surface area contributed by atoms with Gasteiger partial charge in [-0.2, -0.15) is 13.2 Å². The minimum atomic E-state index is -4.53. The Morgan fingerprint density at radius 3 is 2.45 bits per heavy atom. The molecule has 0 amide bonds. The number of nitrogen functional groups attached to an aromatic ring is 1. The minimum Gasteiger partial charge on any atom is -0.507 e. The van der Waals surface area contributed by atoms with Gasteiger partial charge in [0.2, 0.25) is 0 Å². The second-order valence-electron chi connectivity index (χ2n) is 7.55. The van der Waals surface area contributed by atoms with Crippen molar-refractivity contribution in [1.82, 2.24) is 24.5 Å². The van der Waals surface area contributed by atoms with Crippen molar-refractivity contribution in [3.05, 3.63) is 36.2 Å². The highest BCUT2D eigenvalue weighted by Crippen LogP contribution is 2.36. The number of benzene rings is 1. The van der Waals surface area contributed by atoms with Crippen molar-refractivity contribution in [3.8, 4) is 17.1 Å². The largest absolute Gasteiger partial charge is 0.507 e. The van der Waals surface area contributed by atoms with Crippen LogP contribution in [0.1, 0.15) is 24.8 Å². The lowest BCUT2D eigenvalue weighted by Crippen LogP contribution is -2.50. The maximum Gasteiger partial charge on any atom is 0.416 e. The van der Waals surface area contributed by atoms with Crippen molar-refractivity contribution in [2.24, 2.45) is 0 Å². The third kappa shape index (κ3) is 4.57. The molecule has 2 aliphatic heterocycles. The Morgan fingerprint density at radius 1 is 1.10 bits per heavy atom. The zero-order valence-corrected chi connectivity index (χ0v) is 16.7. The van der Waals surface area contributed by atoms with Crippen LogP contribution in [0, 0.1) is 0 Å². The van der Waals surface area contributed by atoms with Crippen LogP contribution in [-0.2, 0) is 10.9 Å². The monoisotopic (exact) mass is 436 g/mol. The van der Waals surface area contributed by atoms with Gasteiger partial charge in [0.05, 0.1) is 30.4 Å². The van der Waals surface area contributed by atoms with Crippen molar-refractivity contribution in [3.63, 3.8) is 0 Å². The maximum absolute atomic E-state index is 12.6. The van der Waals surface area contributed by atoms with Crippen LogP contribution in [0.25, 0.3) is 17.0 Å². The Kier molecular flexibility index (Phi) is 5.96. The summed E-state index contributed by atoms with van der Waals surface area (Å²) in [5, 5.41) is 17.3. The number of hydrogen-bond acceptors (Lipinski definition) is 7. The van der Waals surface area contributed by atoms with Gasteiger partial charge in [0, 0.05) is 12.4 Å². The molecular weight excluding hydrogens is 413 g/mol. The molecule has 0 aliphatic carbocycles. The van der Waals surface area contributed by atoms with E-state index in [2.05, 4.69) is 20.1 Å². The van der Waals surface area contributed by atoms with E-state index in [0.717, 1.165) is 31.4 Å². The highest BCUT2D eigenvalue weighted by molar-refractivity contribution is 5.70. The number of anilines is 1. The number of hydrogen-bond donors (Lipinski definition) is 2. The lowest BCUT2D eigenvalue weighted by atomic mass is 10.1. The second kappa shape index (κ2) is 8.67. The quantitative estimate of drug-likeness (QED) is 0.637. The molecule has 0 atom stereocenters. The van der Waals surface area contributed by atoms with E-state index in [1.165, 1.54) is 49.1 Å². The third-order valence-corrected chi connectivity index (χ3v) is 5.44. The van der Waals surface area contributed by atoms with Gasteiger partial charge in [-0.1, -0.05) is 6.42 Å². The van der Waals surface area contributed by atoms with Crippen molar-refractivity contribution in [2.75, 3.05) is 32.0 Å². The summed E-state index contributed by atoms with van der Waals surface area (Å²) in [5.74, 6) is -0.336. The number of ether oxygens (including phenoxy) is 1. The molecule has 0 spiro atoms. The summed E-state index contributed by atoms with van der Waals surface area (Å²) >= 11 is 0. The Balaban J connectivity index is 0.000000192. The number of rotatable bonds is 2. The van der Waals surface area contributed by atoms with Crippen LogP contribution in [-0.4, -0.2) is 61.9 Å². The smallest absolute Gasteiger partial charge is 0.416 e. The summed E-state index contributed by atoms with van der Waals surface area (Å²) in [5.41, 5.74) is 5.05. The molecular formula is C20H23F3N6O2. The van der Waals surface area contributed by atoms with Gasteiger partial charge in [0.15, 0.2) is 17.3 Å². The highest BCUT2D eigenvalue weighted by Gasteiger charge is 2.31. The van der Waals surface area contributed by atoms with Crippen molar-refractivity contribution in [1.29, 1.82) is 0 Å². The van der Waals surface area contributed by atoms with Gasteiger partial charge in [-0.3, -0.25) is 9.30 Å². The molecule has 5 rings (SSSR count). The van der Waals surface area contributed by atoms with E-state index in [-0.39, 0.29) is 17.2 Å². The molecule has 2 fully saturated rings. The molecule has 0 bridgehead atoms. The molecule has 11 heteroatoms. The average molecular weight is 436 g/mol. The molecule has 4 heterocycles. The number of piperidine rings is 1. The van der Waals surface area contributed by atoms with Gasteiger partial charge < -0.3 is 15.6 Å². The zero-order valence-electron chi connectivity index (χ0n) is 16.7. The SMILES string of the molecule is C1CCN(C2COC2)CC1.Nc1nnc(-c2ccc(C(F)(F)F)cc2O)n2ccnc12. The topological polar surface area (TPSA) is 102 Å². The van der Waals surface area contributed by atoms with Gasteiger partial charge in [-0.15, -0.1) is 10.2 Å². The fourth-order valence-electron chi connectivity index (χ4n) is 3.66. The molecule has 3 aromatic rings. The fourth-order valence-corrected chi connectivity index (χ4v) is 3.66. The fraction of sp³-hybridized carbons (Fsp3) is 0.450. The summed E-state index contributed by atoms with van der Waals surface area (Å²) in [4.78, 5) is 6.54. The Morgan fingerprint density at radius 2 is 1.84 bits per heavy atom. The zero-order chi connectivity index (χ0) is 22.0. The van der Waals surface area contributed by atoms with Crippen LogP contribution in [0.15, 0.2) is 30.6 Å². The summed E-state index contributed by atoms with van der Waals surface area (Å²) in [6.07, 6.45) is 2.66. The highest BCUT2D eigenvalue weighted by atomic mass is 19.4. The minimum absolute atomic E-state index is 0.0788. The molecule has 8 nitrogen and oxygen atoms in total. The van der Waals surface area contributed by atoms with E-state index >= 15 is 0 Å². The Labute approximate surface area is 176 Å². The molecule has 166 valence electrons. The molecule has 2 aromatic heterocycles. The first kappa shape index (κ1) is 21.3. The molecule has 2 aliphatic rings. The van der Waals surface area contributed by atoms with Gasteiger partial charge in [0.25, 0.3) is 0 Å². The normalized spacial score (nSPS) is 17.8. The number of nitrogens with zero attached hydrogens (tertiary/aromatic N) is 5. The number of nitrogens with two attached hydrogens (primary N) is 1. The summed E-state index contributed by atoms with van der Waals surface area (Å²) in [6, 6.07) is 3.39. The van der Waals surface area contributed by atoms with E-state index in [0.29, 0.717) is 11.7 Å². The molecule has 0 saturated carbocycles. The van der Waals surface area contributed by atoms with Crippen LogP contribution in [0.4, 0.5) is 19.0 Å². The first-order chi connectivity index (χ1) is 14.8. The molecule has 0 unspecified atom stereocenters. The predicted molar refractivity (Wildman–Crippen MR) is 107 cm³/mol. The van der Waals surface area contributed by atoms with E-state index < -0.39 is 17.5 Å². The van der Waals surface area contributed by atoms with E-state index in [1.54, 1.807) is 0 Å². The first-order valence-electron chi connectivity index (χ1n) is 10.0. The van der Waals surface area contributed by atoms with Gasteiger partial charge in [-0.25, -0.2) is 4.98 Å². The van der Waals surface area contributed by atoms with Gasteiger partial charge >= 0.3 is 6.18 Å². The first-order valence-corrected chi connectivity index (χ1v) is 10.0. The van der Waals surface area contributed by atoms with Crippen molar-refractivity contribution < 1.29 is 23.0 Å². The summed E-state index contributed by atoms with van der Waals surface area (Å²) in [6.45, 7) is 4.60. The molecule has 2 saturated heterocycles. The lowest BCUT2D eigenvalue weighted by molar-refractivity contribution is -0.137. The maximum atomic E-state index is 12.6. The Hall–Kier alpha value is -2.92. The van der Waals surface area contributed by atoms with E-state index in [9.17, 15) is 18.3 Å². The van der Waals surface area contributed by atoms with Crippen LogP contribution in [0.2, 0.25) is 0 Å². The molecule has 0 radical (unpaired) electrons. The summed E-state index contributed by atoms with van der Waals surface area (Å²) < 4.78 is 44.3. The number of alkyl halides is 3. The van der Waals surface area contributed by atoms with Crippen molar-refractivity contribution >= 4 is 11.5 Å². The standard InChI is InChI=1S/C12H8F3N5O.C8H15NO/c13-12(14,15)6-1-2-7(8(21)5-6)10-19-18-9(16)11-17-3-4-20(10)11;1-2-4-9(5-3-1)8-6-10-7-8/h1-5,21H,(H2,16,18);8H,1-7H2. The van der Waals surface area contributed by atoms with E-state index in [1.807, 2.05) is 0 Å². The number of halogens is 3. The number of aromatic hydroxyl groups is 1. The summed E-state index contributed by atoms with van der Waals surface area (Å²) in [7, 11) is 0. The van der Waals surface area contributed by atoms with E-state index in [4.69, 9.17) is 10.5 Å². The average Bonchev–Trinajstić information content (AvgIpc) is 3.19. The van der Waals surface area contributed by atoms with Gasteiger partial charge in [-0.05, 0) is 44.1 Å². The van der Waals surface area contributed by atoms with Crippen LogP contribution in [0.3, 0.4) is 0 Å². The van der Waals surface area contributed by atoms with Crippen molar-refractivity contribution in [2.45, 2.75) is 31.5 Å². The molecule has 3 N–H and O–H groups in total. The number of fused-ring (bicyclic) bond motifs is 1. The van der Waals surface area contributed by atoms with Crippen LogP contribution >= 0.6 is 0 Å². The number of phenolic OH excluding ortho intramolecular Hbond substituents is 1. The number of imidazole rings is 1.